The van der Waals surface area contributed by atoms with Crippen molar-refractivity contribution in [2.45, 2.75) is 0 Å². The number of fused-ring (bicyclic) bond motifs is 1. The van der Waals surface area contributed by atoms with E-state index >= 15 is 0 Å². The topological polar surface area (TPSA) is 13.1 Å². The van der Waals surface area contributed by atoms with Crippen LogP contribution in [-0.2, 0) is 0 Å². The smallest absolute Gasteiger partial charge is 0.135 e. The lowest BCUT2D eigenvalue weighted by atomic mass is 9.87. The molecule has 0 radical (unpaired) electrons. The van der Waals surface area contributed by atoms with Crippen LogP contribution >= 0.6 is 0 Å². The van der Waals surface area contributed by atoms with Gasteiger partial charge in [0, 0.05) is 10.9 Å². The molecule has 8 rings (SSSR count). The van der Waals surface area contributed by atoms with Crippen LogP contribution in [0.25, 0.3) is 76.9 Å². The first-order valence-corrected chi connectivity index (χ1v) is 12.3. The van der Waals surface area contributed by atoms with Crippen molar-refractivity contribution >= 4 is 43.3 Å². The SMILES string of the molecule is [2H]c1c([2H])c([2H])c(-c2cc3c(-c4ccc5ccc6c(-c7ccccc7)ccc7ccc4c5c76)cccc3o2)c([2H])c1[2H]. The van der Waals surface area contributed by atoms with E-state index in [-0.39, 0.29) is 35.5 Å². The van der Waals surface area contributed by atoms with Crippen LogP contribution < -0.4 is 0 Å². The van der Waals surface area contributed by atoms with Gasteiger partial charge < -0.3 is 4.42 Å². The molecule has 0 N–H and O–H groups in total. The third-order valence-electron chi connectivity index (χ3n) is 7.35. The Morgan fingerprint density at radius 2 is 1.14 bits per heavy atom. The molecule has 172 valence electrons. The van der Waals surface area contributed by atoms with Crippen LogP contribution in [0.5, 0.6) is 0 Å². The molecule has 37 heavy (non-hydrogen) atoms. The summed E-state index contributed by atoms with van der Waals surface area (Å²) in [6.07, 6.45) is 0. The molecule has 0 bridgehead atoms. The minimum atomic E-state index is -0.422. The van der Waals surface area contributed by atoms with E-state index in [2.05, 4.69) is 72.8 Å². The zero-order valence-corrected chi connectivity index (χ0v) is 19.7. The Hall–Kier alpha value is -4.88. The first-order chi connectivity index (χ1) is 20.4. The number of rotatable bonds is 3. The van der Waals surface area contributed by atoms with E-state index < -0.39 is 6.04 Å². The van der Waals surface area contributed by atoms with Crippen molar-refractivity contribution in [1.29, 1.82) is 0 Å². The Kier molecular flexibility index (Phi) is 3.37. The summed E-state index contributed by atoms with van der Waals surface area (Å²) < 4.78 is 47.2. The molecule has 0 atom stereocenters. The van der Waals surface area contributed by atoms with Gasteiger partial charge in [0.15, 0.2) is 0 Å². The summed E-state index contributed by atoms with van der Waals surface area (Å²) in [7, 11) is 0. The average molecular weight is 476 g/mol. The second kappa shape index (κ2) is 7.81. The lowest BCUT2D eigenvalue weighted by Gasteiger charge is -2.16. The van der Waals surface area contributed by atoms with Gasteiger partial charge >= 0.3 is 0 Å². The molecular formula is C36H22O. The minimum absolute atomic E-state index is 0.0620. The number of benzene rings is 7. The maximum absolute atomic E-state index is 8.44. The standard InChI is InChI=1S/C36H22O/c1-3-8-23(9-4-1)27-18-14-25-17-21-31-29(19-15-26-16-20-30(27)35(25)36(26)31)28-12-7-13-33-32(28)22-34(37-33)24-10-5-2-6-11-24/h1-22H/i2D,5D,6D,10D,11D. The monoisotopic (exact) mass is 475 g/mol. The molecule has 0 fully saturated rings. The van der Waals surface area contributed by atoms with Gasteiger partial charge in [0.1, 0.15) is 11.3 Å². The molecule has 1 aromatic heterocycles. The van der Waals surface area contributed by atoms with Crippen molar-refractivity contribution in [3.8, 4) is 33.6 Å². The minimum Gasteiger partial charge on any atom is -0.456 e. The van der Waals surface area contributed by atoms with Gasteiger partial charge in [0.05, 0.1) is 6.85 Å². The molecule has 0 spiro atoms. The van der Waals surface area contributed by atoms with Gasteiger partial charge in [-0.15, -0.1) is 0 Å². The van der Waals surface area contributed by atoms with E-state index in [1.54, 1.807) is 6.07 Å². The second-order valence-electron chi connectivity index (χ2n) is 9.34. The van der Waals surface area contributed by atoms with Crippen LogP contribution in [0.4, 0.5) is 0 Å². The number of hydrogen-bond acceptors (Lipinski definition) is 1. The summed E-state index contributed by atoms with van der Waals surface area (Å²) >= 11 is 0. The fourth-order valence-corrected chi connectivity index (χ4v) is 5.70. The van der Waals surface area contributed by atoms with Gasteiger partial charge in [-0.3, -0.25) is 0 Å². The third-order valence-corrected chi connectivity index (χ3v) is 7.35. The molecule has 7 aromatic carbocycles. The molecule has 1 nitrogen and oxygen atoms in total. The largest absolute Gasteiger partial charge is 0.456 e. The fraction of sp³-hybridized carbons (Fsp3) is 0. The number of hydrogen-bond donors (Lipinski definition) is 0. The van der Waals surface area contributed by atoms with Crippen molar-refractivity contribution in [3.05, 3.63) is 133 Å². The van der Waals surface area contributed by atoms with E-state index in [0.29, 0.717) is 5.58 Å². The molecule has 1 heteroatoms. The Bertz CT molecular complexity index is 2330. The Morgan fingerprint density at radius 1 is 0.486 bits per heavy atom. The second-order valence-corrected chi connectivity index (χ2v) is 9.34. The molecule has 0 aliphatic carbocycles. The van der Waals surface area contributed by atoms with Crippen LogP contribution in [0.1, 0.15) is 6.85 Å². The zero-order valence-electron chi connectivity index (χ0n) is 24.7. The molecule has 1 heterocycles. The quantitative estimate of drug-likeness (QED) is 0.232. The molecule has 0 unspecified atom stereocenters. The fourth-order valence-electron chi connectivity index (χ4n) is 5.70. The van der Waals surface area contributed by atoms with Gasteiger partial charge in [-0.2, -0.15) is 0 Å². The highest BCUT2D eigenvalue weighted by Crippen LogP contribution is 2.44. The van der Waals surface area contributed by atoms with Crippen LogP contribution in [0.2, 0.25) is 0 Å². The van der Waals surface area contributed by atoms with Gasteiger partial charge in [-0.05, 0) is 66.7 Å². The van der Waals surface area contributed by atoms with Gasteiger partial charge in [-0.25, -0.2) is 0 Å². The van der Waals surface area contributed by atoms with Crippen molar-refractivity contribution in [3.63, 3.8) is 0 Å². The summed E-state index contributed by atoms with van der Waals surface area (Å²) in [4.78, 5) is 0. The molecular weight excluding hydrogens is 448 g/mol. The van der Waals surface area contributed by atoms with Gasteiger partial charge in [0.25, 0.3) is 0 Å². The molecule has 8 aromatic rings. The maximum Gasteiger partial charge on any atom is 0.135 e. The highest BCUT2D eigenvalue weighted by molar-refractivity contribution is 6.28. The lowest BCUT2D eigenvalue weighted by molar-refractivity contribution is 0.631. The van der Waals surface area contributed by atoms with Crippen LogP contribution in [0, 0.1) is 0 Å². The van der Waals surface area contributed by atoms with E-state index in [9.17, 15) is 0 Å². The summed E-state index contributed by atoms with van der Waals surface area (Å²) in [5.41, 5.74) is 5.03. The summed E-state index contributed by atoms with van der Waals surface area (Å²) in [5, 5.41) is 7.92. The highest BCUT2D eigenvalue weighted by Gasteiger charge is 2.17. The molecule has 0 saturated carbocycles. The predicted octanol–water partition coefficient (Wildman–Crippen LogP) is 10.3. The first-order valence-electron chi connectivity index (χ1n) is 14.8. The van der Waals surface area contributed by atoms with Crippen LogP contribution in [0.15, 0.2) is 138 Å². The van der Waals surface area contributed by atoms with E-state index in [4.69, 9.17) is 11.3 Å². The normalized spacial score (nSPS) is 13.7. The molecule has 0 saturated heterocycles. The van der Waals surface area contributed by atoms with Crippen LogP contribution in [-0.4, -0.2) is 0 Å². The van der Waals surface area contributed by atoms with Crippen molar-refractivity contribution in [1.82, 2.24) is 0 Å². The van der Waals surface area contributed by atoms with Gasteiger partial charge in [-0.1, -0.05) is 121 Å². The molecule has 0 aliphatic rings. The van der Waals surface area contributed by atoms with Crippen molar-refractivity contribution in [2.24, 2.45) is 0 Å². The van der Waals surface area contributed by atoms with Crippen molar-refractivity contribution in [2.75, 3.05) is 0 Å². The first kappa shape index (κ1) is 16.0. The maximum atomic E-state index is 8.44. The van der Waals surface area contributed by atoms with E-state index in [1.807, 2.05) is 24.3 Å². The zero-order chi connectivity index (χ0) is 28.7. The summed E-state index contributed by atoms with van der Waals surface area (Å²) in [6.45, 7) is 0. The Morgan fingerprint density at radius 3 is 1.89 bits per heavy atom. The summed E-state index contributed by atoms with van der Waals surface area (Å²) in [6, 6.07) is 33.8. The van der Waals surface area contributed by atoms with Crippen LogP contribution in [0.3, 0.4) is 0 Å². The van der Waals surface area contributed by atoms with E-state index in [0.717, 1.165) is 27.3 Å². The number of furan rings is 1. The molecule has 0 aliphatic heterocycles. The highest BCUT2D eigenvalue weighted by atomic mass is 16.3. The average Bonchev–Trinajstić information content (AvgIpc) is 3.46. The summed E-state index contributed by atoms with van der Waals surface area (Å²) in [5.74, 6) is 0.250. The van der Waals surface area contributed by atoms with Gasteiger partial charge in [0.2, 0.25) is 0 Å². The Balaban J connectivity index is 1.39. The lowest BCUT2D eigenvalue weighted by Crippen LogP contribution is -1.89. The van der Waals surface area contributed by atoms with E-state index in [1.165, 1.54) is 32.7 Å². The third kappa shape index (κ3) is 3.04. The Labute approximate surface area is 221 Å². The predicted molar refractivity (Wildman–Crippen MR) is 156 cm³/mol. The molecule has 0 amide bonds. The van der Waals surface area contributed by atoms with Crippen molar-refractivity contribution < 1.29 is 11.3 Å².